The van der Waals surface area contributed by atoms with E-state index in [4.69, 9.17) is 16.3 Å². The molecule has 0 bridgehead atoms. The summed E-state index contributed by atoms with van der Waals surface area (Å²) in [6, 6.07) is 6.40. The number of anilines is 1. The Hall–Kier alpha value is -2.45. The molecule has 1 aromatic carbocycles. The normalized spacial score (nSPS) is 16.5. The maximum atomic E-state index is 12.4. The van der Waals surface area contributed by atoms with Crippen molar-refractivity contribution in [3.05, 3.63) is 45.3 Å². The van der Waals surface area contributed by atoms with Crippen LogP contribution in [0.25, 0.3) is 0 Å². The largest absolute Gasteiger partial charge is 0.454 e. The summed E-state index contributed by atoms with van der Waals surface area (Å²) < 4.78 is 31.9. The Kier molecular flexibility index (Phi) is 7.56. The number of nitrogens with zero attached hydrogens (tertiary/aromatic N) is 1. The molecule has 0 saturated carbocycles. The summed E-state index contributed by atoms with van der Waals surface area (Å²) in [4.78, 5) is 25.5. The highest BCUT2D eigenvalue weighted by Gasteiger charge is 2.26. The summed E-state index contributed by atoms with van der Waals surface area (Å²) in [5.41, 5.74) is 1.44. The summed E-state index contributed by atoms with van der Waals surface area (Å²) in [5.74, 6) is -0.984. The summed E-state index contributed by atoms with van der Waals surface area (Å²) >= 11 is 7.13. The number of sulfonamides is 1. The van der Waals surface area contributed by atoms with Crippen molar-refractivity contribution in [1.29, 1.82) is 5.26 Å². The van der Waals surface area contributed by atoms with E-state index >= 15 is 0 Å². The lowest BCUT2D eigenvalue weighted by atomic mass is 9.89. The average Bonchev–Trinajstić information content (AvgIpc) is 3.07. The zero-order chi connectivity index (χ0) is 23.5. The molecule has 2 atom stereocenters. The number of ether oxygens (including phenoxy) is 1. The standard InChI is InChI=1S/C21H22ClN3O5S2/c1-12-3-8-16-17(10-23)20(31-18(16)9-12)24-19(26)11-30-21(27)13(2)25-32(28,29)15-6-4-14(22)5-7-15/h4-7,12-13,25H,3,8-9,11H2,1-2H3,(H,24,26)/t12-,13+/m0/s1. The first-order valence-electron chi connectivity index (χ1n) is 9.89. The van der Waals surface area contributed by atoms with Crippen molar-refractivity contribution in [2.75, 3.05) is 11.9 Å². The van der Waals surface area contributed by atoms with Crippen LogP contribution in [0, 0.1) is 17.2 Å². The van der Waals surface area contributed by atoms with Crippen LogP contribution in [0.15, 0.2) is 29.2 Å². The fraction of sp³-hybridized carbons (Fsp3) is 0.381. The van der Waals surface area contributed by atoms with Crippen molar-refractivity contribution in [1.82, 2.24) is 4.72 Å². The van der Waals surface area contributed by atoms with E-state index < -0.39 is 34.5 Å². The van der Waals surface area contributed by atoms with Crippen molar-refractivity contribution in [2.45, 2.75) is 44.0 Å². The molecule has 1 aliphatic rings. The molecule has 11 heteroatoms. The first-order valence-corrected chi connectivity index (χ1v) is 12.6. The van der Waals surface area contributed by atoms with Gasteiger partial charge in [0, 0.05) is 9.90 Å². The Morgan fingerprint density at radius 2 is 2.03 bits per heavy atom. The molecule has 0 unspecified atom stereocenters. The number of thiophene rings is 1. The van der Waals surface area contributed by atoms with Gasteiger partial charge in [0.05, 0.1) is 10.5 Å². The molecular weight excluding hydrogens is 474 g/mol. The van der Waals surface area contributed by atoms with Gasteiger partial charge in [0.25, 0.3) is 5.91 Å². The zero-order valence-electron chi connectivity index (χ0n) is 17.5. The van der Waals surface area contributed by atoms with Gasteiger partial charge in [-0.3, -0.25) is 9.59 Å². The monoisotopic (exact) mass is 495 g/mol. The highest BCUT2D eigenvalue weighted by molar-refractivity contribution is 7.89. The topological polar surface area (TPSA) is 125 Å². The van der Waals surface area contributed by atoms with Gasteiger partial charge in [-0.15, -0.1) is 11.3 Å². The fourth-order valence-corrected chi connectivity index (χ4v) is 6.04. The third-order valence-corrected chi connectivity index (χ3v) is 8.01. The van der Waals surface area contributed by atoms with Gasteiger partial charge in [-0.1, -0.05) is 18.5 Å². The van der Waals surface area contributed by atoms with Gasteiger partial charge in [0.15, 0.2) is 6.61 Å². The van der Waals surface area contributed by atoms with E-state index in [2.05, 4.69) is 23.0 Å². The minimum absolute atomic E-state index is 0.0562. The van der Waals surface area contributed by atoms with Gasteiger partial charge >= 0.3 is 5.97 Å². The van der Waals surface area contributed by atoms with E-state index in [0.717, 1.165) is 29.7 Å². The minimum atomic E-state index is -3.97. The van der Waals surface area contributed by atoms with Crippen LogP contribution < -0.4 is 10.0 Å². The number of benzene rings is 1. The Bertz CT molecular complexity index is 1170. The van der Waals surface area contributed by atoms with Gasteiger partial charge in [0.1, 0.15) is 17.1 Å². The van der Waals surface area contributed by atoms with Crippen LogP contribution >= 0.6 is 22.9 Å². The molecule has 0 radical (unpaired) electrons. The molecule has 3 rings (SSSR count). The Morgan fingerprint density at radius 1 is 1.34 bits per heavy atom. The van der Waals surface area contributed by atoms with Crippen molar-refractivity contribution < 1.29 is 22.7 Å². The van der Waals surface area contributed by atoms with Gasteiger partial charge < -0.3 is 10.1 Å². The second-order valence-corrected chi connectivity index (χ2v) is 10.9. The van der Waals surface area contributed by atoms with Crippen LogP contribution in [0.2, 0.25) is 5.02 Å². The van der Waals surface area contributed by atoms with Crippen molar-refractivity contribution >= 4 is 49.8 Å². The van der Waals surface area contributed by atoms with Gasteiger partial charge in [-0.05, 0) is 61.9 Å². The summed E-state index contributed by atoms with van der Waals surface area (Å²) in [7, 11) is -3.97. The predicted molar refractivity (Wildman–Crippen MR) is 121 cm³/mol. The lowest BCUT2D eigenvalue weighted by Gasteiger charge is -2.17. The molecule has 1 heterocycles. The summed E-state index contributed by atoms with van der Waals surface area (Å²) in [6.45, 7) is 2.86. The highest BCUT2D eigenvalue weighted by Crippen LogP contribution is 2.39. The maximum Gasteiger partial charge on any atom is 0.324 e. The zero-order valence-corrected chi connectivity index (χ0v) is 19.9. The number of amides is 1. The number of nitrogens with one attached hydrogen (secondary N) is 2. The number of esters is 1. The average molecular weight is 496 g/mol. The van der Waals surface area contributed by atoms with Gasteiger partial charge in [-0.2, -0.15) is 9.98 Å². The number of rotatable bonds is 7. The Labute approximate surface area is 195 Å². The molecule has 170 valence electrons. The van der Waals surface area contributed by atoms with Gasteiger partial charge in [0.2, 0.25) is 10.0 Å². The molecule has 0 fully saturated rings. The van der Waals surface area contributed by atoms with Crippen molar-refractivity contribution in [2.24, 2.45) is 5.92 Å². The Morgan fingerprint density at radius 3 is 2.69 bits per heavy atom. The van der Waals surface area contributed by atoms with Crippen LogP contribution in [0.1, 0.15) is 36.3 Å². The molecule has 2 N–H and O–H groups in total. The second kappa shape index (κ2) is 10.0. The minimum Gasteiger partial charge on any atom is -0.454 e. The second-order valence-electron chi connectivity index (χ2n) is 7.62. The molecule has 1 aromatic heterocycles. The lowest BCUT2D eigenvalue weighted by molar-refractivity contribution is -0.148. The molecule has 2 aromatic rings. The van der Waals surface area contributed by atoms with Crippen molar-refractivity contribution in [3.63, 3.8) is 0 Å². The molecule has 0 spiro atoms. The molecule has 1 amide bonds. The molecular formula is C21H22ClN3O5S2. The number of hydrogen-bond donors (Lipinski definition) is 2. The number of fused-ring (bicyclic) bond motifs is 1. The number of carbonyl (C=O) groups excluding carboxylic acids is 2. The first kappa shape index (κ1) is 24.2. The smallest absolute Gasteiger partial charge is 0.324 e. The fourth-order valence-electron chi connectivity index (χ4n) is 3.34. The van der Waals surface area contributed by atoms with Crippen LogP contribution in [-0.2, 0) is 37.2 Å². The van der Waals surface area contributed by atoms with Crippen LogP contribution in [-0.4, -0.2) is 32.9 Å². The number of halogens is 1. The van der Waals surface area contributed by atoms with Crippen LogP contribution in [0.5, 0.6) is 0 Å². The third-order valence-electron chi connectivity index (χ3n) is 5.03. The van der Waals surface area contributed by atoms with Crippen LogP contribution in [0.4, 0.5) is 5.00 Å². The van der Waals surface area contributed by atoms with E-state index in [1.54, 1.807) is 0 Å². The summed E-state index contributed by atoms with van der Waals surface area (Å²) in [5, 5.41) is 13.0. The SMILES string of the molecule is C[C@H]1CCc2c(sc(NC(=O)COC(=O)[C@@H](C)NS(=O)(=O)c3ccc(Cl)cc3)c2C#N)C1. The molecule has 0 aliphatic heterocycles. The van der Waals surface area contributed by atoms with Crippen LogP contribution in [0.3, 0.4) is 0 Å². The Balaban J connectivity index is 1.56. The van der Waals surface area contributed by atoms with Gasteiger partial charge in [-0.25, -0.2) is 8.42 Å². The van der Waals surface area contributed by atoms with Crippen molar-refractivity contribution in [3.8, 4) is 6.07 Å². The number of hydrogen-bond acceptors (Lipinski definition) is 7. The molecule has 1 aliphatic carbocycles. The molecule has 0 saturated heterocycles. The quantitative estimate of drug-likeness (QED) is 0.568. The first-order chi connectivity index (χ1) is 15.1. The summed E-state index contributed by atoms with van der Waals surface area (Å²) in [6.07, 6.45) is 2.66. The maximum absolute atomic E-state index is 12.4. The molecule has 32 heavy (non-hydrogen) atoms. The van der Waals surface area contributed by atoms with E-state index in [1.165, 1.54) is 42.5 Å². The number of carbonyl (C=O) groups is 2. The number of nitriles is 1. The van der Waals surface area contributed by atoms with E-state index in [-0.39, 0.29) is 4.90 Å². The van der Waals surface area contributed by atoms with E-state index in [1.807, 2.05) is 0 Å². The lowest BCUT2D eigenvalue weighted by Crippen LogP contribution is -2.40. The highest BCUT2D eigenvalue weighted by atomic mass is 35.5. The predicted octanol–water partition coefficient (Wildman–Crippen LogP) is 3.25. The van der Waals surface area contributed by atoms with E-state index in [0.29, 0.717) is 21.5 Å². The molecule has 8 nitrogen and oxygen atoms in total. The van der Waals surface area contributed by atoms with E-state index in [9.17, 15) is 23.3 Å². The third kappa shape index (κ3) is 5.66.